The Hall–Kier alpha value is -3.84. The fourth-order valence-electron chi connectivity index (χ4n) is 3.33. The van der Waals surface area contributed by atoms with Crippen LogP contribution in [0.25, 0.3) is 10.9 Å². The van der Waals surface area contributed by atoms with Gasteiger partial charge in [0.1, 0.15) is 5.82 Å². The highest BCUT2D eigenvalue weighted by atomic mass is 32.1. The van der Waals surface area contributed by atoms with Crippen molar-refractivity contribution in [2.45, 2.75) is 13.0 Å². The molecule has 0 spiro atoms. The number of benzene rings is 3. The molecule has 1 heterocycles. The van der Waals surface area contributed by atoms with E-state index in [0.29, 0.717) is 16.4 Å². The maximum atomic E-state index is 13.1. The van der Waals surface area contributed by atoms with Crippen molar-refractivity contribution in [3.63, 3.8) is 0 Å². The Morgan fingerprint density at radius 1 is 0.906 bits per heavy atom. The number of para-hydroxylation sites is 1. The molecule has 4 aromatic rings. The van der Waals surface area contributed by atoms with E-state index in [1.54, 1.807) is 36.5 Å². The SMILES string of the molecule is CC(NC(=S)Nc1ccc(NC(=O)c2ccnc3ccccc23)cc1)c1ccc(F)cc1. The molecule has 7 heteroatoms. The zero-order valence-corrected chi connectivity index (χ0v) is 18.1. The second-order valence-corrected chi connectivity index (χ2v) is 7.69. The van der Waals surface area contributed by atoms with Gasteiger partial charge in [0, 0.05) is 23.0 Å². The van der Waals surface area contributed by atoms with Crippen LogP contribution >= 0.6 is 12.2 Å². The Labute approximate surface area is 190 Å². The summed E-state index contributed by atoms with van der Waals surface area (Å²) >= 11 is 5.38. The number of amides is 1. The third-order valence-corrected chi connectivity index (χ3v) is 5.23. The molecule has 0 aliphatic carbocycles. The van der Waals surface area contributed by atoms with Crippen LogP contribution in [-0.2, 0) is 0 Å². The summed E-state index contributed by atoms with van der Waals surface area (Å²) in [6.07, 6.45) is 1.63. The van der Waals surface area contributed by atoms with E-state index >= 15 is 0 Å². The summed E-state index contributed by atoms with van der Waals surface area (Å²) < 4.78 is 13.1. The van der Waals surface area contributed by atoms with Gasteiger partial charge in [-0.2, -0.15) is 0 Å². The topological polar surface area (TPSA) is 66.0 Å². The quantitative estimate of drug-likeness (QED) is 0.346. The van der Waals surface area contributed by atoms with Gasteiger partial charge in [0.25, 0.3) is 5.91 Å². The molecule has 1 aromatic heterocycles. The fraction of sp³-hybridized carbons (Fsp3) is 0.0800. The second kappa shape index (κ2) is 9.53. The zero-order valence-electron chi connectivity index (χ0n) is 17.3. The molecule has 3 N–H and O–H groups in total. The Morgan fingerprint density at radius 3 is 2.28 bits per heavy atom. The number of carbonyl (C=O) groups excluding carboxylic acids is 1. The zero-order chi connectivity index (χ0) is 22.5. The molecular weight excluding hydrogens is 423 g/mol. The summed E-state index contributed by atoms with van der Waals surface area (Å²) in [5.74, 6) is -0.472. The first-order valence-electron chi connectivity index (χ1n) is 10.1. The van der Waals surface area contributed by atoms with Crippen molar-refractivity contribution in [2.24, 2.45) is 0 Å². The van der Waals surface area contributed by atoms with Gasteiger partial charge < -0.3 is 16.0 Å². The lowest BCUT2D eigenvalue weighted by molar-refractivity contribution is 0.102. The van der Waals surface area contributed by atoms with Gasteiger partial charge >= 0.3 is 0 Å². The van der Waals surface area contributed by atoms with Crippen LogP contribution in [-0.4, -0.2) is 16.0 Å². The Kier molecular flexibility index (Phi) is 6.37. The molecule has 0 fully saturated rings. The van der Waals surface area contributed by atoms with E-state index in [2.05, 4.69) is 20.9 Å². The summed E-state index contributed by atoms with van der Waals surface area (Å²) in [7, 11) is 0. The summed E-state index contributed by atoms with van der Waals surface area (Å²) in [6, 6.07) is 22.7. The van der Waals surface area contributed by atoms with Crippen molar-refractivity contribution in [3.05, 3.63) is 102 Å². The van der Waals surface area contributed by atoms with E-state index in [0.717, 1.165) is 22.2 Å². The van der Waals surface area contributed by atoms with Crippen LogP contribution in [0.1, 0.15) is 28.9 Å². The van der Waals surface area contributed by atoms with Crippen molar-refractivity contribution in [2.75, 3.05) is 10.6 Å². The molecule has 5 nitrogen and oxygen atoms in total. The number of nitrogens with one attached hydrogen (secondary N) is 3. The molecule has 1 amide bonds. The van der Waals surface area contributed by atoms with E-state index in [-0.39, 0.29) is 17.8 Å². The van der Waals surface area contributed by atoms with Gasteiger partial charge in [0.05, 0.1) is 17.1 Å². The lowest BCUT2D eigenvalue weighted by Crippen LogP contribution is -2.30. The molecule has 0 saturated heterocycles. The van der Waals surface area contributed by atoms with Gasteiger partial charge in [0.2, 0.25) is 0 Å². The number of hydrogen-bond donors (Lipinski definition) is 3. The van der Waals surface area contributed by atoms with Crippen LogP contribution in [0.3, 0.4) is 0 Å². The van der Waals surface area contributed by atoms with Crippen LogP contribution in [0.5, 0.6) is 0 Å². The van der Waals surface area contributed by atoms with Crippen molar-refractivity contribution >= 4 is 45.5 Å². The lowest BCUT2D eigenvalue weighted by Gasteiger charge is -2.17. The Morgan fingerprint density at radius 2 is 1.56 bits per heavy atom. The van der Waals surface area contributed by atoms with Crippen LogP contribution < -0.4 is 16.0 Å². The van der Waals surface area contributed by atoms with E-state index in [1.165, 1.54) is 12.1 Å². The van der Waals surface area contributed by atoms with Gasteiger partial charge in [-0.1, -0.05) is 30.3 Å². The summed E-state index contributed by atoms with van der Waals surface area (Å²) in [5.41, 5.74) is 3.71. The van der Waals surface area contributed by atoms with E-state index < -0.39 is 0 Å². The molecule has 0 bridgehead atoms. The summed E-state index contributed by atoms with van der Waals surface area (Å²) in [4.78, 5) is 17.0. The minimum atomic E-state index is -0.272. The number of nitrogens with zero attached hydrogens (tertiary/aromatic N) is 1. The molecule has 1 atom stereocenters. The summed E-state index contributed by atoms with van der Waals surface area (Å²) in [6.45, 7) is 1.95. The van der Waals surface area contributed by atoms with Crippen LogP contribution in [0, 0.1) is 5.82 Å². The predicted molar refractivity (Wildman–Crippen MR) is 130 cm³/mol. The number of thiocarbonyl (C=S) groups is 1. The highest BCUT2D eigenvalue weighted by Gasteiger charge is 2.11. The van der Waals surface area contributed by atoms with E-state index in [9.17, 15) is 9.18 Å². The van der Waals surface area contributed by atoms with Gasteiger partial charge in [-0.05, 0) is 73.2 Å². The number of anilines is 2. The molecule has 0 aliphatic rings. The monoisotopic (exact) mass is 444 g/mol. The maximum Gasteiger partial charge on any atom is 0.256 e. The maximum absolute atomic E-state index is 13.1. The average Bonchev–Trinajstić information content (AvgIpc) is 2.80. The van der Waals surface area contributed by atoms with Crippen molar-refractivity contribution in [3.8, 4) is 0 Å². The third-order valence-electron chi connectivity index (χ3n) is 5.01. The van der Waals surface area contributed by atoms with E-state index in [1.807, 2.05) is 43.3 Å². The molecule has 32 heavy (non-hydrogen) atoms. The number of pyridine rings is 1. The highest BCUT2D eigenvalue weighted by Crippen LogP contribution is 2.20. The number of fused-ring (bicyclic) bond motifs is 1. The number of halogens is 1. The normalized spacial score (nSPS) is 11.6. The van der Waals surface area contributed by atoms with E-state index in [4.69, 9.17) is 12.2 Å². The van der Waals surface area contributed by atoms with Crippen LogP contribution in [0.4, 0.5) is 15.8 Å². The summed E-state index contributed by atoms with van der Waals surface area (Å²) in [5, 5.41) is 10.5. The molecule has 0 saturated carbocycles. The number of carbonyl (C=O) groups is 1. The van der Waals surface area contributed by atoms with Gasteiger partial charge in [-0.25, -0.2) is 4.39 Å². The largest absolute Gasteiger partial charge is 0.356 e. The highest BCUT2D eigenvalue weighted by molar-refractivity contribution is 7.80. The minimum Gasteiger partial charge on any atom is -0.356 e. The van der Waals surface area contributed by atoms with Gasteiger partial charge in [-0.15, -0.1) is 0 Å². The first kappa shape index (κ1) is 21.4. The van der Waals surface area contributed by atoms with Crippen LogP contribution in [0.15, 0.2) is 85.1 Å². The predicted octanol–water partition coefficient (Wildman–Crippen LogP) is 5.67. The fourth-order valence-corrected chi connectivity index (χ4v) is 3.62. The minimum absolute atomic E-state index is 0.0793. The number of hydrogen-bond acceptors (Lipinski definition) is 3. The van der Waals surface area contributed by atoms with Crippen molar-refractivity contribution < 1.29 is 9.18 Å². The Balaban J connectivity index is 1.37. The molecule has 3 aromatic carbocycles. The smallest absolute Gasteiger partial charge is 0.256 e. The second-order valence-electron chi connectivity index (χ2n) is 7.28. The molecule has 4 rings (SSSR count). The standard InChI is InChI=1S/C25H21FN4OS/c1-16(17-6-8-18(26)9-7-17)28-25(32)30-20-12-10-19(11-13-20)29-24(31)22-14-15-27-23-5-3-2-4-21(22)23/h2-16H,1H3,(H,29,31)(H2,28,30,32). The average molecular weight is 445 g/mol. The van der Waals surface area contributed by atoms with Crippen molar-refractivity contribution in [1.29, 1.82) is 0 Å². The van der Waals surface area contributed by atoms with Crippen molar-refractivity contribution in [1.82, 2.24) is 10.3 Å². The van der Waals surface area contributed by atoms with Gasteiger partial charge in [0.15, 0.2) is 5.11 Å². The number of rotatable bonds is 5. The molecule has 1 unspecified atom stereocenters. The lowest BCUT2D eigenvalue weighted by atomic mass is 10.1. The molecule has 0 aliphatic heterocycles. The molecule has 160 valence electrons. The number of aromatic nitrogens is 1. The molecule has 0 radical (unpaired) electrons. The third kappa shape index (κ3) is 5.07. The van der Waals surface area contributed by atoms with Crippen LogP contribution in [0.2, 0.25) is 0 Å². The Bertz CT molecular complexity index is 1250. The first-order chi connectivity index (χ1) is 15.5. The molecular formula is C25H21FN4OS. The first-order valence-corrected chi connectivity index (χ1v) is 10.5. The van der Waals surface area contributed by atoms with Gasteiger partial charge in [-0.3, -0.25) is 9.78 Å².